The first-order valence-corrected chi connectivity index (χ1v) is 5.60. The van der Waals surface area contributed by atoms with Crippen LogP contribution in [0.15, 0.2) is 42.6 Å². The molecule has 70 valence electrons. The molecular weight excluding hydrogens is 308 g/mol. The summed E-state index contributed by atoms with van der Waals surface area (Å²) in [5.74, 6) is 0. The molecule has 0 N–H and O–H groups in total. The van der Waals surface area contributed by atoms with Crippen LogP contribution in [0.5, 0.6) is 0 Å². The Morgan fingerprint density at radius 2 is 1.93 bits per heavy atom. The van der Waals surface area contributed by atoms with Crippen molar-refractivity contribution in [2.45, 2.75) is 0 Å². The fourth-order valence-corrected chi connectivity index (χ4v) is 2.46. The monoisotopic (exact) mass is 315 g/mol. The minimum atomic E-state index is 0.746. The van der Waals surface area contributed by atoms with E-state index < -0.39 is 0 Å². The zero-order chi connectivity index (χ0) is 9.97. The number of aromatic nitrogens is 1. The Labute approximate surface area is 101 Å². The summed E-state index contributed by atoms with van der Waals surface area (Å²) in [5, 5.41) is 0.746. The molecule has 0 radical (unpaired) electrons. The Morgan fingerprint density at radius 1 is 1.07 bits per heavy atom. The lowest BCUT2D eigenvalue weighted by Gasteiger charge is -2.05. The smallest absolute Gasteiger partial charge is 0.0727 e. The third-order valence-electron chi connectivity index (χ3n) is 1.88. The van der Waals surface area contributed by atoms with Gasteiger partial charge >= 0.3 is 0 Å². The topological polar surface area (TPSA) is 12.9 Å². The number of pyridine rings is 1. The van der Waals surface area contributed by atoms with Gasteiger partial charge in [-0.05, 0) is 46.9 Å². The maximum atomic E-state index is 6.12. The molecule has 2 rings (SSSR count). The molecule has 1 aromatic heterocycles. The second-order valence-corrected chi connectivity index (χ2v) is 4.38. The minimum absolute atomic E-state index is 0.746. The molecule has 0 atom stereocenters. The molecule has 1 heterocycles. The molecule has 0 saturated carbocycles. The first-order valence-electron chi connectivity index (χ1n) is 4.14. The Hall–Kier alpha value is -0.610. The quantitative estimate of drug-likeness (QED) is 0.725. The summed E-state index contributed by atoms with van der Waals surface area (Å²) < 4.78 is 1.12. The third kappa shape index (κ3) is 1.91. The van der Waals surface area contributed by atoms with Gasteiger partial charge < -0.3 is 0 Å². The van der Waals surface area contributed by atoms with Crippen LogP contribution in [-0.2, 0) is 0 Å². The minimum Gasteiger partial charge on any atom is -0.256 e. The van der Waals surface area contributed by atoms with E-state index >= 15 is 0 Å². The molecule has 0 aliphatic carbocycles. The van der Waals surface area contributed by atoms with Crippen LogP contribution in [-0.4, -0.2) is 4.98 Å². The van der Waals surface area contributed by atoms with Gasteiger partial charge in [-0.25, -0.2) is 0 Å². The normalized spacial score (nSPS) is 10.1. The second kappa shape index (κ2) is 4.28. The summed E-state index contributed by atoms with van der Waals surface area (Å²) in [6, 6.07) is 11.7. The van der Waals surface area contributed by atoms with Gasteiger partial charge in [0, 0.05) is 15.3 Å². The van der Waals surface area contributed by atoms with Crippen molar-refractivity contribution in [1.82, 2.24) is 4.98 Å². The van der Waals surface area contributed by atoms with Gasteiger partial charge in [-0.2, -0.15) is 0 Å². The van der Waals surface area contributed by atoms with Crippen LogP contribution in [0.4, 0.5) is 0 Å². The second-order valence-electron chi connectivity index (χ2n) is 2.81. The van der Waals surface area contributed by atoms with Crippen LogP contribution in [0.1, 0.15) is 0 Å². The predicted octanol–water partition coefficient (Wildman–Crippen LogP) is 4.01. The number of rotatable bonds is 1. The van der Waals surface area contributed by atoms with Gasteiger partial charge in [-0.1, -0.05) is 23.7 Å². The highest BCUT2D eigenvalue weighted by atomic mass is 127. The van der Waals surface area contributed by atoms with Gasteiger partial charge in [-0.15, -0.1) is 0 Å². The molecule has 0 saturated heterocycles. The summed E-state index contributed by atoms with van der Waals surface area (Å²) in [7, 11) is 0. The van der Waals surface area contributed by atoms with E-state index in [4.69, 9.17) is 11.6 Å². The summed E-state index contributed by atoms with van der Waals surface area (Å²) in [4.78, 5) is 4.28. The Bertz CT molecular complexity index is 422. The lowest BCUT2D eigenvalue weighted by Crippen LogP contribution is -1.86. The Kier molecular flexibility index (Phi) is 3.03. The fourth-order valence-electron chi connectivity index (χ4n) is 1.25. The SMILES string of the molecule is Clc1cccc(I)c1-c1ccccn1. The summed E-state index contributed by atoms with van der Waals surface area (Å²) >= 11 is 8.38. The molecule has 0 aliphatic heterocycles. The lowest BCUT2D eigenvalue weighted by molar-refractivity contribution is 1.32. The standard InChI is InChI=1S/C11H7ClIN/c12-8-4-3-5-9(13)11(8)10-6-1-2-7-14-10/h1-7H. The van der Waals surface area contributed by atoms with E-state index in [9.17, 15) is 0 Å². The maximum Gasteiger partial charge on any atom is 0.0727 e. The fraction of sp³-hybridized carbons (Fsp3) is 0. The first kappa shape index (κ1) is 9.93. The molecule has 3 heteroatoms. The average molecular weight is 316 g/mol. The van der Waals surface area contributed by atoms with Crippen molar-refractivity contribution >= 4 is 34.2 Å². The molecule has 0 bridgehead atoms. The summed E-state index contributed by atoms with van der Waals surface area (Å²) in [6.07, 6.45) is 1.77. The van der Waals surface area contributed by atoms with Gasteiger partial charge in [0.25, 0.3) is 0 Å². The molecular formula is C11H7ClIN. The van der Waals surface area contributed by atoms with Crippen molar-refractivity contribution in [3.05, 3.63) is 51.2 Å². The maximum absolute atomic E-state index is 6.12. The van der Waals surface area contributed by atoms with E-state index in [2.05, 4.69) is 27.6 Å². The van der Waals surface area contributed by atoms with Gasteiger partial charge in [0.2, 0.25) is 0 Å². The molecule has 0 amide bonds. The van der Waals surface area contributed by atoms with Gasteiger partial charge in [-0.3, -0.25) is 4.98 Å². The Balaban J connectivity index is 2.63. The van der Waals surface area contributed by atoms with Crippen LogP contribution in [0, 0.1) is 3.57 Å². The van der Waals surface area contributed by atoms with Crippen LogP contribution in [0.3, 0.4) is 0 Å². The van der Waals surface area contributed by atoms with Crippen molar-refractivity contribution in [2.24, 2.45) is 0 Å². The molecule has 0 fully saturated rings. The van der Waals surface area contributed by atoms with Crippen LogP contribution in [0.2, 0.25) is 5.02 Å². The van der Waals surface area contributed by atoms with Gasteiger partial charge in [0.1, 0.15) is 0 Å². The van der Waals surface area contributed by atoms with E-state index in [1.165, 1.54) is 0 Å². The highest BCUT2D eigenvalue weighted by Gasteiger charge is 2.07. The average Bonchev–Trinajstić information content (AvgIpc) is 2.19. The van der Waals surface area contributed by atoms with Crippen molar-refractivity contribution in [3.8, 4) is 11.3 Å². The van der Waals surface area contributed by atoms with Crippen molar-refractivity contribution in [3.63, 3.8) is 0 Å². The van der Waals surface area contributed by atoms with E-state index in [1.807, 2.05) is 36.4 Å². The molecule has 1 nitrogen and oxygen atoms in total. The number of benzene rings is 1. The molecule has 0 unspecified atom stereocenters. The van der Waals surface area contributed by atoms with E-state index in [0.717, 1.165) is 19.9 Å². The van der Waals surface area contributed by atoms with Gasteiger partial charge in [0.05, 0.1) is 10.7 Å². The molecule has 1 aromatic carbocycles. The van der Waals surface area contributed by atoms with E-state index in [0.29, 0.717) is 0 Å². The third-order valence-corrected chi connectivity index (χ3v) is 3.10. The van der Waals surface area contributed by atoms with E-state index in [1.54, 1.807) is 6.20 Å². The summed E-state index contributed by atoms with van der Waals surface area (Å²) in [5.41, 5.74) is 1.93. The molecule has 0 spiro atoms. The zero-order valence-electron chi connectivity index (χ0n) is 7.24. The lowest BCUT2D eigenvalue weighted by atomic mass is 10.1. The van der Waals surface area contributed by atoms with Crippen LogP contribution >= 0.6 is 34.2 Å². The molecule has 0 aliphatic rings. The highest BCUT2D eigenvalue weighted by Crippen LogP contribution is 2.30. The molecule has 14 heavy (non-hydrogen) atoms. The van der Waals surface area contributed by atoms with Gasteiger partial charge in [0.15, 0.2) is 0 Å². The summed E-state index contributed by atoms with van der Waals surface area (Å²) in [6.45, 7) is 0. The Morgan fingerprint density at radius 3 is 2.57 bits per heavy atom. The van der Waals surface area contributed by atoms with Crippen molar-refractivity contribution in [2.75, 3.05) is 0 Å². The largest absolute Gasteiger partial charge is 0.256 e. The number of hydrogen-bond donors (Lipinski definition) is 0. The zero-order valence-corrected chi connectivity index (χ0v) is 10.2. The molecule has 2 aromatic rings. The predicted molar refractivity (Wildman–Crippen MR) is 67.4 cm³/mol. The first-order chi connectivity index (χ1) is 6.79. The highest BCUT2D eigenvalue weighted by molar-refractivity contribution is 14.1. The number of nitrogens with zero attached hydrogens (tertiary/aromatic N) is 1. The van der Waals surface area contributed by atoms with E-state index in [-0.39, 0.29) is 0 Å². The van der Waals surface area contributed by atoms with Crippen molar-refractivity contribution < 1.29 is 0 Å². The number of halogens is 2. The van der Waals surface area contributed by atoms with Crippen LogP contribution in [0.25, 0.3) is 11.3 Å². The van der Waals surface area contributed by atoms with Crippen molar-refractivity contribution in [1.29, 1.82) is 0 Å². The number of hydrogen-bond acceptors (Lipinski definition) is 1. The van der Waals surface area contributed by atoms with Crippen LogP contribution < -0.4 is 0 Å².